The number of nitrogens with zero attached hydrogens (tertiary/aromatic N) is 5. The summed E-state index contributed by atoms with van der Waals surface area (Å²) in [6.45, 7) is 1.86. The van der Waals surface area contributed by atoms with E-state index in [4.69, 9.17) is 0 Å². The Morgan fingerprint density at radius 3 is 2.63 bits per heavy atom. The molecule has 2 aliphatic rings. The fourth-order valence-electron chi connectivity index (χ4n) is 4.45. The van der Waals surface area contributed by atoms with Crippen LogP contribution < -0.4 is 5.32 Å². The first-order valence-corrected chi connectivity index (χ1v) is 10.1. The maximum absolute atomic E-state index is 12.1. The Morgan fingerprint density at radius 2 is 1.93 bits per heavy atom. The van der Waals surface area contributed by atoms with Gasteiger partial charge in [0, 0.05) is 32.8 Å². The molecule has 1 N–H and O–H groups in total. The first-order valence-electron chi connectivity index (χ1n) is 10.1. The second-order valence-electron chi connectivity index (χ2n) is 7.92. The van der Waals surface area contributed by atoms with Gasteiger partial charge in [-0.15, -0.1) is 10.2 Å². The molecular weight excluding hydrogens is 340 g/mol. The summed E-state index contributed by atoms with van der Waals surface area (Å²) in [7, 11) is 5.77. The fourth-order valence-corrected chi connectivity index (χ4v) is 4.45. The zero-order valence-corrected chi connectivity index (χ0v) is 16.6. The summed E-state index contributed by atoms with van der Waals surface area (Å²) >= 11 is 0. The Morgan fingerprint density at radius 1 is 1.11 bits per heavy atom. The molecule has 1 aliphatic heterocycles. The minimum atomic E-state index is -0.0375. The summed E-state index contributed by atoms with van der Waals surface area (Å²) in [5.41, 5.74) is 1.92. The van der Waals surface area contributed by atoms with E-state index < -0.39 is 0 Å². The lowest BCUT2D eigenvalue weighted by Crippen LogP contribution is -2.35. The highest BCUT2D eigenvalue weighted by molar-refractivity contribution is 5.92. The largest absolute Gasteiger partial charge is 0.354 e. The van der Waals surface area contributed by atoms with Gasteiger partial charge in [0.1, 0.15) is 17.3 Å². The maximum Gasteiger partial charge on any atom is 0.267 e. The summed E-state index contributed by atoms with van der Waals surface area (Å²) in [5.74, 6) is 2.75. The van der Waals surface area contributed by atoms with Crippen LogP contribution in [0.2, 0.25) is 0 Å². The molecule has 1 amide bonds. The topological polar surface area (TPSA) is 68.0 Å². The molecule has 1 saturated heterocycles. The molecule has 2 aromatic heterocycles. The van der Waals surface area contributed by atoms with E-state index in [2.05, 4.69) is 38.1 Å². The van der Waals surface area contributed by atoms with Crippen LogP contribution >= 0.6 is 0 Å². The number of rotatable bonds is 5. The minimum absolute atomic E-state index is 0.0375. The molecule has 7 nitrogen and oxygen atoms in total. The van der Waals surface area contributed by atoms with E-state index in [1.165, 1.54) is 37.8 Å². The van der Waals surface area contributed by atoms with Crippen molar-refractivity contribution in [3.8, 4) is 0 Å². The third-order valence-corrected chi connectivity index (χ3v) is 6.39. The van der Waals surface area contributed by atoms with Gasteiger partial charge in [-0.05, 0) is 44.4 Å². The third kappa shape index (κ3) is 3.29. The molecule has 27 heavy (non-hydrogen) atoms. The van der Waals surface area contributed by atoms with Crippen molar-refractivity contribution in [3.05, 3.63) is 35.2 Å². The monoisotopic (exact) mass is 370 g/mol. The van der Waals surface area contributed by atoms with Crippen molar-refractivity contribution in [3.63, 3.8) is 0 Å². The molecule has 3 heterocycles. The van der Waals surface area contributed by atoms with Crippen LogP contribution in [0.25, 0.3) is 0 Å². The Hall–Kier alpha value is -2.15. The second kappa shape index (κ2) is 7.46. The van der Waals surface area contributed by atoms with Gasteiger partial charge < -0.3 is 14.5 Å². The van der Waals surface area contributed by atoms with Gasteiger partial charge in [-0.3, -0.25) is 9.69 Å². The Balaban J connectivity index is 1.56. The normalized spacial score (nSPS) is 21.2. The van der Waals surface area contributed by atoms with E-state index in [9.17, 15) is 4.79 Å². The molecule has 2 fully saturated rings. The quantitative estimate of drug-likeness (QED) is 0.878. The number of amides is 1. The standard InChI is InChI=1S/C20H30N6O/c1-21-20(27)17-11-10-15(24(17)2)16-9-4-5-12-26(16)13-18-22-23-19(25(18)3)14-7-6-8-14/h10-11,14,16H,4-9,12-13H2,1-3H3,(H,21,27)/t16-/m1/s1. The molecular formula is C20H30N6O. The number of piperidine rings is 1. The lowest BCUT2D eigenvalue weighted by molar-refractivity contribution is 0.0952. The average Bonchev–Trinajstić information content (AvgIpc) is 3.18. The van der Waals surface area contributed by atoms with Crippen molar-refractivity contribution in [1.82, 2.24) is 29.5 Å². The van der Waals surface area contributed by atoms with E-state index in [-0.39, 0.29) is 5.91 Å². The van der Waals surface area contributed by atoms with Gasteiger partial charge in [0.2, 0.25) is 0 Å². The van der Waals surface area contributed by atoms with Crippen molar-refractivity contribution in [2.24, 2.45) is 14.1 Å². The second-order valence-corrected chi connectivity index (χ2v) is 7.92. The van der Waals surface area contributed by atoms with Crippen molar-refractivity contribution in [2.45, 2.75) is 57.0 Å². The van der Waals surface area contributed by atoms with Crippen LogP contribution in [0.5, 0.6) is 0 Å². The molecule has 7 heteroatoms. The third-order valence-electron chi connectivity index (χ3n) is 6.39. The van der Waals surface area contributed by atoms with Crippen LogP contribution in [0, 0.1) is 0 Å². The molecule has 1 aliphatic carbocycles. The van der Waals surface area contributed by atoms with Crippen LogP contribution in [0.3, 0.4) is 0 Å². The zero-order valence-electron chi connectivity index (χ0n) is 16.6. The van der Waals surface area contributed by atoms with E-state index >= 15 is 0 Å². The number of nitrogens with one attached hydrogen (secondary N) is 1. The Bertz CT molecular complexity index is 819. The van der Waals surface area contributed by atoms with Gasteiger partial charge in [-0.25, -0.2) is 0 Å². The van der Waals surface area contributed by atoms with Crippen LogP contribution in [-0.2, 0) is 20.6 Å². The van der Waals surface area contributed by atoms with Crippen molar-refractivity contribution in [1.29, 1.82) is 0 Å². The van der Waals surface area contributed by atoms with Crippen LogP contribution in [-0.4, -0.2) is 43.7 Å². The number of hydrogen-bond donors (Lipinski definition) is 1. The summed E-state index contributed by atoms with van der Waals surface area (Å²) in [6, 6.07) is 4.34. The number of likely N-dealkylation sites (tertiary alicyclic amines) is 1. The highest BCUT2D eigenvalue weighted by atomic mass is 16.1. The highest BCUT2D eigenvalue weighted by Gasteiger charge is 2.30. The molecule has 4 rings (SSSR count). The summed E-state index contributed by atoms with van der Waals surface area (Å²) < 4.78 is 4.24. The molecule has 146 valence electrons. The van der Waals surface area contributed by atoms with Crippen LogP contribution in [0.15, 0.2) is 12.1 Å². The summed E-state index contributed by atoms with van der Waals surface area (Å²) in [4.78, 5) is 14.6. The maximum atomic E-state index is 12.1. The predicted molar refractivity (Wildman–Crippen MR) is 103 cm³/mol. The van der Waals surface area contributed by atoms with Gasteiger partial charge in [0.15, 0.2) is 0 Å². The molecule has 1 atom stereocenters. The summed E-state index contributed by atoms with van der Waals surface area (Å²) in [6.07, 6.45) is 7.32. The van der Waals surface area contributed by atoms with Gasteiger partial charge in [0.05, 0.1) is 12.6 Å². The molecule has 0 radical (unpaired) electrons. The molecule has 0 bridgehead atoms. The number of aromatic nitrogens is 4. The zero-order chi connectivity index (χ0) is 19.0. The van der Waals surface area contributed by atoms with Gasteiger partial charge in [-0.2, -0.15) is 0 Å². The van der Waals surface area contributed by atoms with Gasteiger partial charge in [0.25, 0.3) is 5.91 Å². The van der Waals surface area contributed by atoms with Crippen LogP contribution in [0.1, 0.15) is 78.3 Å². The van der Waals surface area contributed by atoms with E-state index in [0.29, 0.717) is 17.7 Å². The fraction of sp³-hybridized carbons (Fsp3) is 0.650. The summed E-state index contributed by atoms with van der Waals surface area (Å²) in [5, 5.41) is 11.7. The molecule has 2 aromatic rings. The van der Waals surface area contributed by atoms with Gasteiger partial charge in [-0.1, -0.05) is 12.8 Å². The van der Waals surface area contributed by atoms with E-state index in [1.807, 2.05) is 17.7 Å². The Kier molecular flexibility index (Phi) is 5.04. The van der Waals surface area contributed by atoms with Gasteiger partial charge >= 0.3 is 0 Å². The first kappa shape index (κ1) is 18.2. The van der Waals surface area contributed by atoms with Crippen molar-refractivity contribution in [2.75, 3.05) is 13.6 Å². The Labute approximate surface area is 160 Å². The molecule has 0 unspecified atom stereocenters. The van der Waals surface area contributed by atoms with E-state index in [0.717, 1.165) is 31.2 Å². The molecule has 1 saturated carbocycles. The lowest BCUT2D eigenvalue weighted by Gasteiger charge is -2.36. The number of carbonyl (C=O) groups is 1. The van der Waals surface area contributed by atoms with Crippen molar-refractivity contribution < 1.29 is 4.79 Å². The SMILES string of the molecule is CNC(=O)c1ccc([C@H]2CCCCN2Cc2nnc(C3CCC3)n2C)n1C. The van der Waals surface area contributed by atoms with Crippen molar-refractivity contribution >= 4 is 5.91 Å². The minimum Gasteiger partial charge on any atom is -0.354 e. The number of hydrogen-bond acceptors (Lipinski definition) is 4. The smallest absolute Gasteiger partial charge is 0.267 e. The molecule has 0 aromatic carbocycles. The first-order chi connectivity index (χ1) is 13.1. The number of carbonyl (C=O) groups excluding carboxylic acids is 1. The lowest BCUT2D eigenvalue weighted by atomic mass is 9.85. The predicted octanol–water partition coefficient (Wildman–Crippen LogP) is 2.51. The average molecular weight is 371 g/mol. The molecule has 0 spiro atoms. The van der Waals surface area contributed by atoms with Crippen LogP contribution in [0.4, 0.5) is 0 Å². The highest BCUT2D eigenvalue weighted by Crippen LogP contribution is 2.36. The van der Waals surface area contributed by atoms with E-state index in [1.54, 1.807) is 7.05 Å².